The van der Waals surface area contributed by atoms with Crippen LogP contribution in [0.2, 0.25) is 0 Å². The second-order valence-corrected chi connectivity index (χ2v) is 12.4. The van der Waals surface area contributed by atoms with Gasteiger partial charge in [-0.15, -0.1) is 0 Å². The molecule has 0 saturated carbocycles. The summed E-state index contributed by atoms with van der Waals surface area (Å²) in [6.07, 6.45) is 0. The quantitative estimate of drug-likeness (QED) is 0.171. The van der Waals surface area contributed by atoms with Gasteiger partial charge in [0, 0.05) is 38.2 Å². The summed E-state index contributed by atoms with van der Waals surface area (Å²) in [6, 6.07) is 2.62. The van der Waals surface area contributed by atoms with E-state index in [0.717, 1.165) is 0 Å². The maximum Gasteiger partial charge on any atom is 0.238 e. The minimum absolute atomic E-state index is 0.107. The Bertz CT molecular complexity index is 4430. The van der Waals surface area contributed by atoms with E-state index in [-0.39, 0.29) is 22.8 Å². The zero-order valence-corrected chi connectivity index (χ0v) is 28.6. The molecule has 0 bridgehead atoms. The molecule has 0 spiro atoms. The molecule has 5 heteroatoms. The minimum atomic E-state index is -0.853. The number of aromatic nitrogens is 5. The molecule has 0 aliphatic carbocycles. The summed E-state index contributed by atoms with van der Waals surface area (Å²) in [5.41, 5.74) is -1.52. The first-order chi connectivity index (χ1) is 36.9. The second-order valence-electron chi connectivity index (χ2n) is 12.4. The third kappa shape index (κ3) is 5.13. The molecule has 0 fully saturated rings. The van der Waals surface area contributed by atoms with Crippen LogP contribution in [0.15, 0.2) is 200 Å². The first kappa shape index (κ1) is 16.8. The van der Waals surface area contributed by atoms with Gasteiger partial charge in [0.2, 0.25) is 5.95 Å². The lowest BCUT2D eigenvalue weighted by molar-refractivity contribution is 0.955. The Balaban J connectivity index is 1.30. The van der Waals surface area contributed by atoms with Gasteiger partial charge in [-0.05, 0) is 40.9 Å². The van der Waals surface area contributed by atoms with Crippen LogP contribution in [0, 0.1) is 0 Å². The number of nitrogens with zero attached hydrogens (tertiary/aromatic N) is 5. The maximum absolute atomic E-state index is 9.45. The van der Waals surface area contributed by atoms with Gasteiger partial charge in [0.25, 0.3) is 0 Å². The van der Waals surface area contributed by atoms with Gasteiger partial charge in [0.05, 0.1) is 57.9 Å². The first-order valence-electron chi connectivity index (χ1n) is 28.1. The number of hydrogen-bond donors (Lipinski definition) is 0. The van der Waals surface area contributed by atoms with Crippen molar-refractivity contribution in [2.24, 2.45) is 0 Å². The first-order valence-corrected chi connectivity index (χ1v) is 17.1. The Morgan fingerprint density at radius 1 is 0.375 bits per heavy atom. The van der Waals surface area contributed by atoms with Crippen molar-refractivity contribution in [3.8, 4) is 56.7 Å². The predicted octanol–water partition coefficient (Wildman–Crippen LogP) is 12.7. The molecule has 56 heavy (non-hydrogen) atoms. The number of hydrogen-bond acceptors (Lipinski definition) is 3. The van der Waals surface area contributed by atoms with E-state index in [1.54, 1.807) is 69.8 Å². The number of fused-ring (bicyclic) bond motifs is 7. The molecule has 11 aromatic rings. The molecule has 0 aliphatic rings. The molecule has 0 saturated heterocycles. The molecular formula is C51H33N5. The summed E-state index contributed by atoms with van der Waals surface area (Å²) in [6.45, 7) is 0. The standard InChI is InChI=1S/C51H33N5/c1-4-16-34(17-5-1)35-28-30-38(31-29-35)50-52-49(37-20-8-3-9-21-37)53-51(54-50)56-44-26-14-11-23-40(44)41-32-33-46-47(48(41)56)42-24-12-15-27-45(42)55(46)43-25-13-10-22-39(43)36-18-6-2-7-19-36/h1-33H/i1D,2D,3D,4D,5D,6D,7D,8D,9D,10D,13D,16D,17D,18D,19D,20D,21D,25D,28D,29D,30D,31D. The third-order valence-electron chi connectivity index (χ3n) is 9.33. The zero-order chi connectivity index (χ0) is 56.1. The van der Waals surface area contributed by atoms with Crippen LogP contribution in [0.25, 0.3) is 100 Å². The van der Waals surface area contributed by atoms with E-state index in [4.69, 9.17) is 33.3 Å². The van der Waals surface area contributed by atoms with Crippen LogP contribution in [0.1, 0.15) is 30.2 Å². The van der Waals surface area contributed by atoms with E-state index in [9.17, 15) is 6.85 Å². The van der Waals surface area contributed by atoms with Crippen molar-refractivity contribution < 1.29 is 30.2 Å². The van der Waals surface area contributed by atoms with E-state index in [0.29, 0.717) is 43.6 Å². The summed E-state index contributed by atoms with van der Waals surface area (Å²) in [7, 11) is 0. The molecule has 0 unspecified atom stereocenters. The van der Waals surface area contributed by atoms with Crippen LogP contribution in [-0.2, 0) is 0 Å². The maximum atomic E-state index is 9.45. The number of rotatable bonds is 6. The van der Waals surface area contributed by atoms with E-state index in [1.165, 1.54) is 6.07 Å². The molecule has 0 aliphatic heterocycles. The van der Waals surface area contributed by atoms with Crippen LogP contribution < -0.4 is 0 Å². The molecule has 8 aromatic carbocycles. The van der Waals surface area contributed by atoms with Gasteiger partial charge >= 0.3 is 0 Å². The van der Waals surface area contributed by atoms with Crippen molar-refractivity contribution in [1.82, 2.24) is 24.1 Å². The smallest absolute Gasteiger partial charge is 0.238 e. The summed E-state index contributed by atoms with van der Waals surface area (Å²) in [5.74, 6) is -1.52. The van der Waals surface area contributed by atoms with Gasteiger partial charge in [-0.2, -0.15) is 9.97 Å². The van der Waals surface area contributed by atoms with Crippen molar-refractivity contribution in [2.75, 3.05) is 0 Å². The summed E-state index contributed by atoms with van der Waals surface area (Å²) in [5, 5.41) is 2.01. The van der Waals surface area contributed by atoms with Gasteiger partial charge in [-0.25, -0.2) is 4.98 Å². The lowest BCUT2D eigenvalue weighted by Gasteiger charge is -2.14. The van der Waals surface area contributed by atoms with Gasteiger partial charge in [-0.3, -0.25) is 4.57 Å². The van der Waals surface area contributed by atoms with Crippen molar-refractivity contribution in [1.29, 1.82) is 0 Å². The normalized spacial score (nSPS) is 17.1. The van der Waals surface area contributed by atoms with E-state index in [2.05, 4.69) is 4.98 Å². The van der Waals surface area contributed by atoms with E-state index in [1.807, 2.05) is 0 Å². The summed E-state index contributed by atoms with van der Waals surface area (Å²) < 4.78 is 196. The molecule has 5 nitrogen and oxygen atoms in total. The molecule has 0 atom stereocenters. The van der Waals surface area contributed by atoms with Crippen LogP contribution >= 0.6 is 0 Å². The fraction of sp³-hybridized carbons (Fsp3) is 0. The van der Waals surface area contributed by atoms with Gasteiger partial charge in [-0.1, -0.05) is 175 Å². The number of para-hydroxylation sites is 3. The Hall–Kier alpha value is -7.63. The highest BCUT2D eigenvalue weighted by Gasteiger charge is 2.24. The summed E-state index contributed by atoms with van der Waals surface area (Å²) >= 11 is 0. The largest absolute Gasteiger partial charge is 0.309 e. The van der Waals surface area contributed by atoms with Crippen LogP contribution in [-0.4, -0.2) is 24.1 Å². The van der Waals surface area contributed by atoms with Crippen LogP contribution in [0.3, 0.4) is 0 Å². The summed E-state index contributed by atoms with van der Waals surface area (Å²) in [4.78, 5) is 14.1. The average molecular weight is 738 g/mol. The van der Waals surface area contributed by atoms with Gasteiger partial charge in [0.15, 0.2) is 11.6 Å². The topological polar surface area (TPSA) is 48.5 Å². The molecule has 0 amide bonds. The highest BCUT2D eigenvalue weighted by atomic mass is 15.2. The van der Waals surface area contributed by atoms with Crippen molar-refractivity contribution in [3.63, 3.8) is 0 Å². The minimum Gasteiger partial charge on any atom is -0.309 e. The van der Waals surface area contributed by atoms with Crippen molar-refractivity contribution >= 4 is 43.6 Å². The van der Waals surface area contributed by atoms with Crippen LogP contribution in [0.5, 0.6) is 0 Å². The van der Waals surface area contributed by atoms with E-state index >= 15 is 0 Å². The molecule has 0 radical (unpaired) electrons. The average Bonchev–Trinajstić information content (AvgIpc) is 4.16. The van der Waals surface area contributed by atoms with Crippen molar-refractivity contribution in [3.05, 3.63) is 200 Å². The zero-order valence-electron chi connectivity index (χ0n) is 50.6. The number of benzene rings is 8. The highest BCUT2D eigenvalue weighted by molar-refractivity contribution is 6.26. The highest BCUT2D eigenvalue weighted by Crippen LogP contribution is 2.43. The molecule has 11 rings (SSSR count). The molecule has 3 aromatic heterocycles. The fourth-order valence-corrected chi connectivity index (χ4v) is 7.02. The lowest BCUT2D eigenvalue weighted by atomic mass is 10.0. The van der Waals surface area contributed by atoms with Crippen LogP contribution in [0.4, 0.5) is 0 Å². The molecule has 0 N–H and O–H groups in total. The Morgan fingerprint density at radius 2 is 0.911 bits per heavy atom. The third-order valence-corrected chi connectivity index (χ3v) is 9.33. The fourth-order valence-electron chi connectivity index (χ4n) is 7.02. The molecule has 262 valence electrons. The van der Waals surface area contributed by atoms with Gasteiger partial charge < -0.3 is 4.57 Å². The van der Waals surface area contributed by atoms with E-state index < -0.39 is 167 Å². The SMILES string of the molecule is [2H]c1cc(-c2c([2H])c([2H])c([2H])c([2H])c2[2H])c(-n2c3ccccc3c3c2ccc2c4ccccc4n(-c4nc(-c5c([2H])c([2H])c([2H])c([2H])c5[2H])nc(-c5c([2H])c([2H])c(-c6c([2H])c([2H])c([2H])c([2H])c6[2H])c([2H])c5[2H])n4)c23)c([2H])c1[2H]. The van der Waals surface area contributed by atoms with Crippen molar-refractivity contribution in [2.45, 2.75) is 0 Å². The predicted molar refractivity (Wildman–Crippen MR) is 230 cm³/mol. The van der Waals surface area contributed by atoms with Gasteiger partial charge in [0.1, 0.15) is 0 Å². The Kier molecular flexibility index (Phi) is 3.91. The monoisotopic (exact) mass is 737 g/mol. The lowest BCUT2D eigenvalue weighted by Crippen LogP contribution is -2.06. The molecular weight excluding hydrogens is 683 g/mol. The Labute approximate surface area is 354 Å². The molecule has 3 heterocycles. The Morgan fingerprint density at radius 3 is 1.61 bits per heavy atom. The second kappa shape index (κ2) is 13.0.